The summed E-state index contributed by atoms with van der Waals surface area (Å²) < 4.78 is 45.8. The van der Waals surface area contributed by atoms with E-state index in [4.69, 9.17) is 4.74 Å². The zero-order valence-corrected chi connectivity index (χ0v) is 12.0. The molecule has 0 fully saturated rings. The van der Waals surface area contributed by atoms with E-state index in [2.05, 4.69) is 10.1 Å². The van der Waals surface area contributed by atoms with Crippen LogP contribution in [0.5, 0.6) is 5.75 Å². The maximum atomic E-state index is 12.0. The number of ether oxygens (including phenoxy) is 2. The standard InChI is InChI=1S/C14H18F3NO3/c1-9(11-6-4-5-7-12(11)20-3)18-13(19)10(2)21-8-14(15,16)17/h4-7,9-10H,8H2,1-3H3,(H,18,19). The van der Waals surface area contributed by atoms with Crippen molar-refractivity contribution in [3.05, 3.63) is 29.8 Å². The Balaban J connectivity index is 2.61. The highest BCUT2D eigenvalue weighted by molar-refractivity contribution is 5.80. The molecule has 0 aliphatic heterocycles. The van der Waals surface area contributed by atoms with Gasteiger partial charge in [-0.2, -0.15) is 13.2 Å². The lowest BCUT2D eigenvalue weighted by Gasteiger charge is -2.20. The SMILES string of the molecule is COc1ccccc1C(C)NC(=O)C(C)OCC(F)(F)F. The molecule has 0 bridgehead atoms. The van der Waals surface area contributed by atoms with Gasteiger partial charge in [0.05, 0.1) is 13.2 Å². The lowest BCUT2D eigenvalue weighted by Crippen LogP contribution is -2.37. The number of nitrogens with one attached hydrogen (secondary N) is 1. The molecule has 0 saturated heterocycles. The molecule has 118 valence electrons. The van der Waals surface area contributed by atoms with Gasteiger partial charge in [-0.1, -0.05) is 18.2 Å². The minimum atomic E-state index is -4.46. The summed E-state index contributed by atoms with van der Waals surface area (Å²) in [6.07, 6.45) is -5.65. The largest absolute Gasteiger partial charge is 0.496 e. The van der Waals surface area contributed by atoms with E-state index in [0.29, 0.717) is 5.75 Å². The van der Waals surface area contributed by atoms with Crippen molar-refractivity contribution in [1.29, 1.82) is 0 Å². The predicted octanol–water partition coefficient (Wildman–Crippen LogP) is 2.84. The second kappa shape index (κ2) is 7.31. The van der Waals surface area contributed by atoms with Crippen LogP contribution in [-0.2, 0) is 9.53 Å². The lowest BCUT2D eigenvalue weighted by molar-refractivity contribution is -0.185. The number of hydrogen-bond donors (Lipinski definition) is 1. The number of hydrogen-bond acceptors (Lipinski definition) is 3. The van der Waals surface area contributed by atoms with E-state index >= 15 is 0 Å². The molecule has 2 unspecified atom stereocenters. The summed E-state index contributed by atoms with van der Waals surface area (Å²) in [6, 6.07) is 6.66. The molecule has 0 aromatic heterocycles. The third-order valence-electron chi connectivity index (χ3n) is 2.83. The lowest BCUT2D eigenvalue weighted by atomic mass is 10.1. The van der Waals surface area contributed by atoms with Crippen LogP contribution in [-0.4, -0.2) is 31.9 Å². The fourth-order valence-corrected chi connectivity index (χ4v) is 1.73. The van der Waals surface area contributed by atoms with Crippen LogP contribution in [0.15, 0.2) is 24.3 Å². The first-order valence-electron chi connectivity index (χ1n) is 6.36. The van der Waals surface area contributed by atoms with Crippen LogP contribution < -0.4 is 10.1 Å². The molecule has 1 N–H and O–H groups in total. The van der Waals surface area contributed by atoms with Crippen molar-refractivity contribution in [2.45, 2.75) is 32.2 Å². The van der Waals surface area contributed by atoms with Gasteiger partial charge in [0.15, 0.2) is 0 Å². The van der Waals surface area contributed by atoms with E-state index in [1.807, 2.05) is 0 Å². The first-order valence-corrected chi connectivity index (χ1v) is 6.36. The molecule has 2 atom stereocenters. The minimum absolute atomic E-state index is 0.411. The summed E-state index contributed by atoms with van der Waals surface area (Å²) in [4.78, 5) is 11.8. The first-order chi connectivity index (χ1) is 9.74. The number of benzene rings is 1. The second-order valence-electron chi connectivity index (χ2n) is 4.54. The summed E-state index contributed by atoms with van der Waals surface area (Å²) in [5, 5.41) is 2.60. The van der Waals surface area contributed by atoms with E-state index in [-0.39, 0.29) is 0 Å². The second-order valence-corrected chi connectivity index (χ2v) is 4.54. The maximum Gasteiger partial charge on any atom is 0.411 e. The zero-order valence-electron chi connectivity index (χ0n) is 12.0. The number of amides is 1. The van der Waals surface area contributed by atoms with E-state index < -0.39 is 30.8 Å². The van der Waals surface area contributed by atoms with Crippen LogP contribution in [0.3, 0.4) is 0 Å². The van der Waals surface area contributed by atoms with Crippen LogP contribution >= 0.6 is 0 Å². The topological polar surface area (TPSA) is 47.6 Å². The summed E-state index contributed by atoms with van der Waals surface area (Å²) in [5.74, 6) is -0.0215. The van der Waals surface area contributed by atoms with Gasteiger partial charge in [0.1, 0.15) is 18.5 Å². The van der Waals surface area contributed by atoms with Crippen molar-refractivity contribution in [2.24, 2.45) is 0 Å². The van der Waals surface area contributed by atoms with Gasteiger partial charge in [0, 0.05) is 5.56 Å². The average Bonchev–Trinajstić information content (AvgIpc) is 2.43. The maximum absolute atomic E-state index is 12.0. The van der Waals surface area contributed by atoms with E-state index in [0.717, 1.165) is 5.56 Å². The Morgan fingerprint density at radius 2 is 1.90 bits per heavy atom. The molecule has 0 saturated carbocycles. The third kappa shape index (κ3) is 5.63. The molecule has 7 heteroatoms. The van der Waals surface area contributed by atoms with Gasteiger partial charge in [-0.25, -0.2) is 0 Å². The number of halogens is 3. The highest BCUT2D eigenvalue weighted by Gasteiger charge is 2.30. The summed E-state index contributed by atoms with van der Waals surface area (Å²) in [7, 11) is 1.50. The van der Waals surface area contributed by atoms with Crippen molar-refractivity contribution >= 4 is 5.91 Å². The highest BCUT2D eigenvalue weighted by Crippen LogP contribution is 2.24. The van der Waals surface area contributed by atoms with Gasteiger partial charge in [0.25, 0.3) is 0 Å². The Kier molecular flexibility index (Phi) is 6.02. The first kappa shape index (κ1) is 17.3. The van der Waals surface area contributed by atoms with E-state index in [9.17, 15) is 18.0 Å². The van der Waals surface area contributed by atoms with Crippen LogP contribution in [0.1, 0.15) is 25.5 Å². The third-order valence-corrected chi connectivity index (χ3v) is 2.83. The molecule has 4 nitrogen and oxygen atoms in total. The molecule has 1 rings (SSSR count). The highest BCUT2D eigenvalue weighted by atomic mass is 19.4. The number of methoxy groups -OCH3 is 1. The molecular weight excluding hydrogens is 287 g/mol. The molecule has 0 aliphatic carbocycles. The number of carbonyl (C=O) groups is 1. The van der Waals surface area contributed by atoms with Gasteiger partial charge < -0.3 is 14.8 Å². The van der Waals surface area contributed by atoms with Gasteiger partial charge >= 0.3 is 6.18 Å². The van der Waals surface area contributed by atoms with Crippen molar-refractivity contribution in [1.82, 2.24) is 5.32 Å². The quantitative estimate of drug-likeness (QED) is 0.879. The Morgan fingerprint density at radius 3 is 2.48 bits per heavy atom. The van der Waals surface area contributed by atoms with Crippen LogP contribution in [0.25, 0.3) is 0 Å². The molecule has 0 spiro atoms. The predicted molar refractivity (Wildman–Crippen MR) is 71.0 cm³/mol. The van der Waals surface area contributed by atoms with Crippen molar-refractivity contribution in [3.8, 4) is 5.75 Å². The van der Waals surface area contributed by atoms with Crippen molar-refractivity contribution in [2.75, 3.05) is 13.7 Å². The number of para-hydroxylation sites is 1. The average molecular weight is 305 g/mol. The monoisotopic (exact) mass is 305 g/mol. The normalized spacial score (nSPS) is 14.4. The molecular formula is C14H18F3NO3. The van der Waals surface area contributed by atoms with Gasteiger partial charge in [0.2, 0.25) is 5.91 Å². The molecule has 1 aromatic carbocycles. The number of carbonyl (C=O) groups excluding carboxylic acids is 1. The number of rotatable bonds is 6. The summed E-state index contributed by atoms with van der Waals surface area (Å²) in [5.41, 5.74) is 0.733. The summed E-state index contributed by atoms with van der Waals surface area (Å²) >= 11 is 0. The molecule has 0 radical (unpaired) electrons. The van der Waals surface area contributed by atoms with Crippen LogP contribution in [0, 0.1) is 0 Å². The zero-order chi connectivity index (χ0) is 16.0. The van der Waals surface area contributed by atoms with Crippen LogP contribution in [0.4, 0.5) is 13.2 Å². The van der Waals surface area contributed by atoms with Crippen LogP contribution in [0.2, 0.25) is 0 Å². The van der Waals surface area contributed by atoms with Crippen molar-refractivity contribution < 1.29 is 27.4 Å². The fourth-order valence-electron chi connectivity index (χ4n) is 1.73. The van der Waals surface area contributed by atoms with Crippen molar-refractivity contribution in [3.63, 3.8) is 0 Å². The smallest absolute Gasteiger partial charge is 0.411 e. The Labute approximate surface area is 121 Å². The summed E-state index contributed by atoms with van der Waals surface area (Å²) in [6.45, 7) is 1.53. The molecule has 21 heavy (non-hydrogen) atoms. The Hall–Kier alpha value is -1.76. The van der Waals surface area contributed by atoms with Gasteiger partial charge in [-0.05, 0) is 19.9 Å². The van der Waals surface area contributed by atoms with E-state index in [1.54, 1.807) is 31.2 Å². The molecule has 1 aromatic rings. The Bertz CT molecular complexity index is 477. The molecule has 0 aliphatic rings. The van der Waals surface area contributed by atoms with Gasteiger partial charge in [-0.15, -0.1) is 0 Å². The minimum Gasteiger partial charge on any atom is -0.496 e. The molecule has 0 heterocycles. The van der Waals surface area contributed by atoms with Gasteiger partial charge in [-0.3, -0.25) is 4.79 Å². The number of alkyl halides is 3. The molecule has 1 amide bonds. The Morgan fingerprint density at radius 1 is 1.29 bits per heavy atom. The van der Waals surface area contributed by atoms with E-state index in [1.165, 1.54) is 14.0 Å². The fraction of sp³-hybridized carbons (Fsp3) is 0.500.